The molecule has 1 atom stereocenters. The Hall–Kier alpha value is -1.91. The van der Waals surface area contributed by atoms with Crippen LogP contribution in [0.4, 0.5) is 0 Å². The third kappa shape index (κ3) is 3.60. The fraction of sp³-hybridized carbons (Fsp3) is 0.350. The number of nitrogens with one attached hydrogen (secondary N) is 1. The van der Waals surface area contributed by atoms with Crippen LogP contribution in [0, 0.1) is 12.3 Å². The Kier molecular flexibility index (Phi) is 4.61. The van der Waals surface area contributed by atoms with Crippen LogP contribution in [0.15, 0.2) is 51.0 Å². The van der Waals surface area contributed by atoms with Crippen molar-refractivity contribution in [2.75, 3.05) is 0 Å². The summed E-state index contributed by atoms with van der Waals surface area (Å²) in [6, 6.07) is 12.1. The Morgan fingerprint density at radius 1 is 1.21 bits per heavy atom. The summed E-state index contributed by atoms with van der Waals surface area (Å²) in [6.07, 6.45) is 0. The summed E-state index contributed by atoms with van der Waals surface area (Å²) in [6.45, 7) is 9.31. The molecule has 0 spiro atoms. The molecule has 0 amide bonds. The van der Waals surface area contributed by atoms with Crippen molar-refractivity contribution >= 4 is 22.3 Å². The van der Waals surface area contributed by atoms with Gasteiger partial charge in [0.2, 0.25) is 0 Å². The predicted octanol–water partition coefficient (Wildman–Crippen LogP) is 5.04. The average molecular weight is 341 g/mol. The van der Waals surface area contributed by atoms with E-state index in [-0.39, 0.29) is 17.1 Å². The van der Waals surface area contributed by atoms with Crippen LogP contribution < -0.4 is 10.9 Å². The quantitative estimate of drug-likeness (QED) is 0.676. The number of aryl methyl sites for hydroxylation is 1. The molecule has 0 bridgehead atoms. The first-order valence-corrected chi connectivity index (χ1v) is 9.03. The summed E-state index contributed by atoms with van der Waals surface area (Å²) >= 11 is 1.76. The summed E-state index contributed by atoms with van der Waals surface area (Å²) in [5.41, 5.74) is 2.50. The van der Waals surface area contributed by atoms with Crippen LogP contribution >= 0.6 is 11.3 Å². The first-order chi connectivity index (χ1) is 11.3. The van der Waals surface area contributed by atoms with Gasteiger partial charge in [-0.2, -0.15) is 0 Å². The molecule has 126 valence electrons. The van der Waals surface area contributed by atoms with Gasteiger partial charge in [0, 0.05) is 28.9 Å². The number of hydrogen-bond donors (Lipinski definition) is 1. The maximum atomic E-state index is 11.9. The van der Waals surface area contributed by atoms with Crippen LogP contribution in [0.25, 0.3) is 11.0 Å². The molecule has 3 aromatic rings. The van der Waals surface area contributed by atoms with Crippen LogP contribution in [-0.2, 0) is 6.54 Å². The van der Waals surface area contributed by atoms with Crippen LogP contribution in [0.1, 0.15) is 42.8 Å². The van der Waals surface area contributed by atoms with Gasteiger partial charge < -0.3 is 9.73 Å². The summed E-state index contributed by atoms with van der Waals surface area (Å²) in [5, 5.41) is 6.74. The molecule has 0 fully saturated rings. The summed E-state index contributed by atoms with van der Waals surface area (Å²) in [5.74, 6) is 0. The van der Waals surface area contributed by atoms with Crippen molar-refractivity contribution < 1.29 is 4.42 Å². The van der Waals surface area contributed by atoms with Crippen molar-refractivity contribution in [1.29, 1.82) is 0 Å². The maximum Gasteiger partial charge on any atom is 0.336 e. The minimum atomic E-state index is -0.298. The molecule has 0 saturated heterocycles. The lowest BCUT2D eigenvalue weighted by Crippen LogP contribution is -2.31. The van der Waals surface area contributed by atoms with E-state index < -0.39 is 0 Å². The first kappa shape index (κ1) is 16.9. The third-order valence-electron chi connectivity index (χ3n) is 4.18. The van der Waals surface area contributed by atoms with Gasteiger partial charge in [-0.15, -0.1) is 11.3 Å². The van der Waals surface area contributed by atoms with Gasteiger partial charge in [-0.25, -0.2) is 4.79 Å². The summed E-state index contributed by atoms with van der Waals surface area (Å²) in [7, 11) is 0. The van der Waals surface area contributed by atoms with Crippen molar-refractivity contribution in [3.05, 3.63) is 68.2 Å². The summed E-state index contributed by atoms with van der Waals surface area (Å²) in [4.78, 5) is 13.2. The molecule has 2 heterocycles. The van der Waals surface area contributed by atoms with E-state index in [0.717, 1.165) is 16.5 Å². The van der Waals surface area contributed by atoms with E-state index in [1.54, 1.807) is 17.4 Å². The zero-order chi connectivity index (χ0) is 17.3. The highest BCUT2D eigenvalue weighted by Crippen LogP contribution is 2.35. The Morgan fingerprint density at radius 3 is 2.67 bits per heavy atom. The fourth-order valence-corrected chi connectivity index (χ4v) is 4.03. The number of benzene rings is 1. The van der Waals surface area contributed by atoms with E-state index in [1.165, 1.54) is 4.88 Å². The molecule has 0 aliphatic rings. The molecule has 2 aromatic heterocycles. The number of hydrogen-bond acceptors (Lipinski definition) is 4. The Morgan fingerprint density at radius 2 is 2.00 bits per heavy atom. The zero-order valence-corrected chi connectivity index (χ0v) is 15.4. The van der Waals surface area contributed by atoms with Crippen LogP contribution in [0.2, 0.25) is 0 Å². The van der Waals surface area contributed by atoms with Gasteiger partial charge in [-0.05, 0) is 41.0 Å². The second-order valence-electron chi connectivity index (χ2n) is 7.29. The van der Waals surface area contributed by atoms with E-state index in [2.05, 4.69) is 43.6 Å². The van der Waals surface area contributed by atoms with E-state index in [9.17, 15) is 4.79 Å². The molecule has 1 aromatic carbocycles. The van der Waals surface area contributed by atoms with Crippen LogP contribution in [0.5, 0.6) is 0 Å². The highest BCUT2D eigenvalue weighted by molar-refractivity contribution is 7.10. The van der Waals surface area contributed by atoms with Gasteiger partial charge in [0.05, 0.1) is 0 Å². The van der Waals surface area contributed by atoms with Crippen molar-refractivity contribution in [3.63, 3.8) is 0 Å². The monoisotopic (exact) mass is 341 g/mol. The van der Waals surface area contributed by atoms with E-state index in [4.69, 9.17) is 4.42 Å². The molecule has 4 heteroatoms. The largest absolute Gasteiger partial charge is 0.423 e. The highest BCUT2D eigenvalue weighted by atomic mass is 32.1. The van der Waals surface area contributed by atoms with Crippen molar-refractivity contribution in [3.8, 4) is 0 Å². The minimum Gasteiger partial charge on any atom is -0.423 e. The van der Waals surface area contributed by atoms with Crippen LogP contribution in [-0.4, -0.2) is 0 Å². The smallest absolute Gasteiger partial charge is 0.336 e. The lowest BCUT2D eigenvalue weighted by molar-refractivity contribution is 0.275. The van der Waals surface area contributed by atoms with Crippen molar-refractivity contribution in [2.45, 2.75) is 40.3 Å². The zero-order valence-electron chi connectivity index (χ0n) is 14.6. The lowest BCUT2D eigenvalue weighted by atomic mass is 9.85. The van der Waals surface area contributed by atoms with Gasteiger partial charge in [-0.1, -0.05) is 39.0 Å². The molecule has 24 heavy (non-hydrogen) atoms. The molecular weight excluding hydrogens is 318 g/mol. The van der Waals surface area contributed by atoms with Crippen molar-refractivity contribution in [2.24, 2.45) is 5.41 Å². The number of fused-ring (bicyclic) bond motifs is 1. The SMILES string of the molecule is Cc1ccc2c(CNC(c3cccs3)C(C)(C)C)cc(=O)oc2c1. The van der Waals surface area contributed by atoms with Gasteiger partial charge in [-0.3, -0.25) is 0 Å². The predicted molar refractivity (Wildman–Crippen MR) is 101 cm³/mol. The average Bonchev–Trinajstić information content (AvgIpc) is 2.99. The molecule has 0 radical (unpaired) electrons. The van der Waals surface area contributed by atoms with Crippen molar-refractivity contribution in [1.82, 2.24) is 5.32 Å². The van der Waals surface area contributed by atoms with Gasteiger partial charge in [0.15, 0.2) is 0 Å². The number of rotatable bonds is 4. The second kappa shape index (κ2) is 6.54. The van der Waals surface area contributed by atoms with Gasteiger partial charge >= 0.3 is 5.63 Å². The molecule has 3 rings (SSSR count). The second-order valence-corrected chi connectivity index (χ2v) is 8.26. The maximum absolute atomic E-state index is 11.9. The normalized spacial score (nSPS) is 13.3. The fourth-order valence-electron chi connectivity index (χ4n) is 2.98. The summed E-state index contributed by atoms with van der Waals surface area (Å²) < 4.78 is 5.35. The van der Waals surface area contributed by atoms with Gasteiger partial charge in [0.25, 0.3) is 0 Å². The molecular formula is C20H23NO2S. The standard InChI is InChI=1S/C20H23NO2S/c1-13-7-8-15-14(11-18(22)23-16(15)10-13)12-21-19(20(2,3)4)17-6-5-9-24-17/h5-11,19,21H,12H2,1-4H3. The molecule has 0 saturated carbocycles. The first-order valence-electron chi connectivity index (χ1n) is 8.15. The molecule has 3 nitrogen and oxygen atoms in total. The van der Waals surface area contributed by atoms with E-state index in [1.807, 2.05) is 25.1 Å². The molecule has 1 N–H and O–H groups in total. The van der Waals surface area contributed by atoms with E-state index in [0.29, 0.717) is 12.1 Å². The topological polar surface area (TPSA) is 42.2 Å². The Balaban J connectivity index is 1.93. The lowest BCUT2D eigenvalue weighted by Gasteiger charge is -2.31. The minimum absolute atomic E-state index is 0.0801. The molecule has 1 unspecified atom stereocenters. The Bertz CT molecular complexity index is 888. The molecule has 0 aliphatic carbocycles. The molecule has 0 aliphatic heterocycles. The Labute approximate surface area is 146 Å². The van der Waals surface area contributed by atoms with Gasteiger partial charge in [0.1, 0.15) is 5.58 Å². The van der Waals surface area contributed by atoms with Crippen LogP contribution in [0.3, 0.4) is 0 Å². The highest BCUT2D eigenvalue weighted by Gasteiger charge is 2.26. The number of thiophene rings is 1. The third-order valence-corrected chi connectivity index (χ3v) is 5.11. The van der Waals surface area contributed by atoms with E-state index >= 15 is 0 Å².